The molecular weight excluding hydrogens is 364 g/mol. The molecule has 0 heterocycles. The van der Waals surface area contributed by atoms with Crippen molar-refractivity contribution in [1.82, 2.24) is 10.6 Å². The minimum absolute atomic E-state index is 0.264. The van der Waals surface area contributed by atoms with Gasteiger partial charge in [0, 0.05) is 23.9 Å². The molecule has 0 aliphatic carbocycles. The Kier molecular flexibility index (Phi) is 13.6. The van der Waals surface area contributed by atoms with E-state index in [4.69, 9.17) is 0 Å². The van der Waals surface area contributed by atoms with Gasteiger partial charge in [-0.1, -0.05) is 103 Å². The van der Waals surface area contributed by atoms with Gasteiger partial charge in [-0.15, -0.1) is 6.58 Å². The minimum Gasteiger partial charge on any atom is -0.383 e. The molecule has 30 heavy (non-hydrogen) atoms. The van der Waals surface area contributed by atoms with Gasteiger partial charge in [0.2, 0.25) is 0 Å². The third-order valence-electron chi connectivity index (χ3n) is 4.17. The zero-order chi connectivity index (χ0) is 23.2. The molecule has 0 aliphatic rings. The molecule has 1 atom stereocenters. The van der Waals surface area contributed by atoms with E-state index in [1.807, 2.05) is 24.3 Å². The zero-order valence-corrected chi connectivity index (χ0v) is 20.5. The number of nitrogens with one attached hydrogen (secondary N) is 2. The second-order valence-electron chi connectivity index (χ2n) is 9.97. The average molecular weight is 411 g/mol. The largest absolute Gasteiger partial charge is 0.383 e. The molecule has 2 N–H and O–H groups in total. The molecule has 0 fully saturated rings. The first-order valence-corrected chi connectivity index (χ1v) is 11.1. The lowest BCUT2D eigenvalue weighted by Crippen LogP contribution is -2.27. The van der Waals surface area contributed by atoms with Gasteiger partial charge < -0.3 is 10.6 Å². The van der Waals surface area contributed by atoms with E-state index in [0.29, 0.717) is 12.5 Å². The van der Waals surface area contributed by atoms with E-state index in [9.17, 15) is 0 Å². The van der Waals surface area contributed by atoms with Gasteiger partial charge in [0.25, 0.3) is 0 Å². The molecular formula is C28H46N2. The summed E-state index contributed by atoms with van der Waals surface area (Å²) in [5.74, 6) is 1.16. The predicted molar refractivity (Wildman–Crippen MR) is 136 cm³/mol. The molecule has 2 heteroatoms. The van der Waals surface area contributed by atoms with Crippen molar-refractivity contribution in [3.05, 3.63) is 85.3 Å². The van der Waals surface area contributed by atoms with E-state index in [1.165, 1.54) is 11.1 Å². The van der Waals surface area contributed by atoms with Gasteiger partial charge in [-0.3, -0.25) is 0 Å². The van der Waals surface area contributed by atoms with Crippen LogP contribution in [0.5, 0.6) is 0 Å². The second kappa shape index (κ2) is 14.7. The predicted octanol–water partition coefficient (Wildman–Crippen LogP) is 7.63. The normalized spacial score (nSPS) is 11.7. The van der Waals surface area contributed by atoms with Crippen LogP contribution in [-0.4, -0.2) is 6.54 Å². The molecule has 1 rings (SSSR count). The lowest BCUT2D eigenvalue weighted by atomic mass is 9.84. The van der Waals surface area contributed by atoms with Crippen molar-refractivity contribution >= 4 is 0 Å². The molecule has 1 aromatic rings. The standard InChI is InChI=1S/C24H36N2.C4H10/c1-8-12-23(15-19(2)16-24(5,6)7)21(4)26-17-20(3)25-18-22-13-10-9-11-14-22;1-4(2)3/h8-11,13-14,23,25-26H,1-4,12,15-18H2,5-7H3;4H,1-3H3. The van der Waals surface area contributed by atoms with E-state index < -0.39 is 0 Å². The molecule has 0 aromatic heterocycles. The Morgan fingerprint density at radius 2 is 1.57 bits per heavy atom. The number of hydrogen-bond acceptors (Lipinski definition) is 2. The summed E-state index contributed by atoms with van der Waals surface area (Å²) in [5.41, 5.74) is 4.77. The molecule has 0 bridgehead atoms. The van der Waals surface area contributed by atoms with Gasteiger partial charge >= 0.3 is 0 Å². The van der Waals surface area contributed by atoms with Crippen LogP contribution >= 0.6 is 0 Å². The summed E-state index contributed by atoms with van der Waals surface area (Å²) in [6.07, 6.45) is 4.83. The van der Waals surface area contributed by atoms with Crippen LogP contribution in [0, 0.1) is 17.3 Å². The summed E-state index contributed by atoms with van der Waals surface area (Å²) in [6, 6.07) is 10.3. The molecule has 1 aromatic carbocycles. The first-order chi connectivity index (χ1) is 13.9. The van der Waals surface area contributed by atoms with Crippen LogP contribution in [0.4, 0.5) is 0 Å². The molecule has 0 radical (unpaired) electrons. The van der Waals surface area contributed by atoms with Crippen molar-refractivity contribution in [3.63, 3.8) is 0 Å². The van der Waals surface area contributed by atoms with Crippen LogP contribution in [0.1, 0.15) is 66.4 Å². The SMILES string of the molecule is C=CCC(CC(=C)CC(C)(C)C)C(=C)NCC(=C)NCc1ccccc1.CC(C)C. The fraction of sp³-hybridized carbons (Fsp3) is 0.500. The van der Waals surface area contributed by atoms with E-state index in [-0.39, 0.29) is 5.41 Å². The van der Waals surface area contributed by atoms with Crippen LogP contribution in [0.15, 0.2) is 79.7 Å². The Bertz CT molecular complexity index is 644. The Morgan fingerprint density at radius 3 is 2.07 bits per heavy atom. The highest BCUT2D eigenvalue weighted by molar-refractivity contribution is 5.16. The Hall–Kier alpha value is -2.22. The lowest BCUT2D eigenvalue weighted by molar-refractivity contribution is 0.396. The van der Waals surface area contributed by atoms with Crippen LogP contribution in [0.25, 0.3) is 0 Å². The third kappa shape index (κ3) is 15.7. The fourth-order valence-electron chi connectivity index (χ4n) is 2.97. The maximum Gasteiger partial charge on any atom is 0.0538 e. The van der Waals surface area contributed by atoms with Gasteiger partial charge in [0.15, 0.2) is 0 Å². The summed E-state index contributed by atoms with van der Waals surface area (Å²) in [7, 11) is 0. The van der Waals surface area contributed by atoms with Gasteiger partial charge in [-0.2, -0.15) is 0 Å². The van der Waals surface area contributed by atoms with E-state index in [1.54, 1.807) is 0 Å². The maximum atomic E-state index is 4.27. The van der Waals surface area contributed by atoms with Gasteiger partial charge in [-0.05, 0) is 36.2 Å². The van der Waals surface area contributed by atoms with Crippen molar-refractivity contribution in [2.24, 2.45) is 17.3 Å². The summed E-state index contributed by atoms with van der Waals surface area (Å²) in [5, 5.41) is 6.79. The van der Waals surface area contributed by atoms with Crippen LogP contribution in [0.3, 0.4) is 0 Å². The Labute approximate surface area is 187 Å². The first-order valence-electron chi connectivity index (χ1n) is 11.1. The average Bonchev–Trinajstić information content (AvgIpc) is 2.63. The molecule has 0 spiro atoms. The van der Waals surface area contributed by atoms with Crippen molar-refractivity contribution < 1.29 is 0 Å². The van der Waals surface area contributed by atoms with Gasteiger partial charge in [0.05, 0.1) is 6.54 Å². The minimum atomic E-state index is 0.264. The molecule has 0 saturated heterocycles. The summed E-state index contributed by atoms with van der Waals surface area (Å²) in [4.78, 5) is 0. The topological polar surface area (TPSA) is 24.1 Å². The summed E-state index contributed by atoms with van der Waals surface area (Å²) >= 11 is 0. The smallest absolute Gasteiger partial charge is 0.0538 e. The first kappa shape index (κ1) is 27.8. The van der Waals surface area contributed by atoms with E-state index in [2.05, 4.69) is 90.6 Å². The molecule has 0 aliphatic heterocycles. The van der Waals surface area contributed by atoms with E-state index in [0.717, 1.165) is 43.1 Å². The molecule has 1 unspecified atom stereocenters. The second-order valence-corrected chi connectivity index (χ2v) is 9.97. The number of hydrogen-bond donors (Lipinski definition) is 2. The highest BCUT2D eigenvalue weighted by Gasteiger charge is 2.17. The van der Waals surface area contributed by atoms with Gasteiger partial charge in [-0.25, -0.2) is 0 Å². The molecule has 2 nitrogen and oxygen atoms in total. The lowest BCUT2D eigenvalue weighted by Gasteiger charge is -2.25. The maximum absolute atomic E-state index is 4.27. The Morgan fingerprint density at radius 1 is 1.00 bits per heavy atom. The number of allylic oxidation sites excluding steroid dienone is 3. The summed E-state index contributed by atoms with van der Waals surface area (Å²) in [6.45, 7) is 31.2. The number of benzene rings is 1. The third-order valence-corrected chi connectivity index (χ3v) is 4.17. The molecule has 0 saturated carbocycles. The molecule has 168 valence electrons. The van der Waals surface area contributed by atoms with E-state index >= 15 is 0 Å². The van der Waals surface area contributed by atoms with Crippen LogP contribution in [-0.2, 0) is 6.54 Å². The van der Waals surface area contributed by atoms with Crippen molar-refractivity contribution in [1.29, 1.82) is 0 Å². The van der Waals surface area contributed by atoms with Crippen molar-refractivity contribution in [2.75, 3.05) is 6.54 Å². The summed E-state index contributed by atoms with van der Waals surface area (Å²) < 4.78 is 0. The quantitative estimate of drug-likeness (QED) is 0.346. The molecule has 0 amide bonds. The zero-order valence-electron chi connectivity index (χ0n) is 20.5. The highest BCUT2D eigenvalue weighted by Crippen LogP contribution is 2.29. The monoisotopic (exact) mass is 410 g/mol. The van der Waals surface area contributed by atoms with Crippen molar-refractivity contribution in [2.45, 2.75) is 67.3 Å². The Balaban J connectivity index is 0.00000192. The van der Waals surface area contributed by atoms with Crippen molar-refractivity contribution in [3.8, 4) is 0 Å². The highest BCUT2D eigenvalue weighted by atomic mass is 15.0. The van der Waals surface area contributed by atoms with Crippen LogP contribution < -0.4 is 10.6 Å². The fourth-order valence-corrected chi connectivity index (χ4v) is 2.97. The van der Waals surface area contributed by atoms with Gasteiger partial charge in [0.1, 0.15) is 0 Å². The number of rotatable bonds is 12. The van der Waals surface area contributed by atoms with Crippen LogP contribution in [0.2, 0.25) is 0 Å².